The lowest BCUT2D eigenvalue weighted by Gasteiger charge is -2.28. The molecule has 0 aromatic carbocycles. The van der Waals surface area contributed by atoms with Crippen molar-refractivity contribution in [3.8, 4) is 0 Å². The average Bonchev–Trinajstić information content (AvgIpc) is 2.93. The summed E-state index contributed by atoms with van der Waals surface area (Å²) in [5.74, 6) is 1.84. The van der Waals surface area contributed by atoms with Crippen molar-refractivity contribution in [3.05, 3.63) is 12.2 Å². The first-order valence-corrected chi connectivity index (χ1v) is 7.18. The number of aromatic nitrogens is 3. The Morgan fingerprint density at radius 2 is 2.42 bits per heavy atom. The molecule has 104 valence electrons. The van der Waals surface area contributed by atoms with Gasteiger partial charge in [0, 0.05) is 19.5 Å². The van der Waals surface area contributed by atoms with E-state index in [4.69, 9.17) is 0 Å². The minimum Gasteiger partial charge on any atom is -0.333 e. The molecule has 1 atom stereocenters. The van der Waals surface area contributed by atoms with E-state index in [0.717, 1.165) is 38.4 Å². The number of rotatable bonds is 3. The first-order chi connectivity index (χ1) is 9.33. The van der Waals surface area contributed by atoms with E-state index in [1.54, 1.807) is 6.33 Å². The summed E-state index contributed by atoms with van der Waals surface area (Å²) in [6.45, 7) is 4.42. The average molecular weight is 263 g/mol. The number of carbonyl (C=O) groups excluding carboxylic acids is 1. The highest BCUT2D eigenvalue weighted by Crippen LogP contribution is 2.18. The van der Waals surface area contributed by atoms with Gasteiger partial charge >= 0.3 is 0 Å². The van der Waals surface area contributed by atoms with E-state index in [0.29, 0.717) is 18.9 Å². The zero-order valence-electron chi connectivity index (χ0n) is 11.2. The molecule has 2 aliphatic rings. The molecule has 3 heterocycles. The predicted octanol–water partition coefficient (Wildman–Crippen LogP) is 0.400. The minimum atomic E-state index is 0.264. The smallest absolute Gasteiger partial charge is 0.223 e. The molecule has 3 rings (SSSR count). The van der Waals surface area contributed by atoms with E-state index in [-0.39, 0.29) is 5.91 Å². The molecule has 6 nitrogen and oxygen atoms in total. The predicted molar refractivity (Wildman–Crippen MR) is 70.3 cm³/mol. The highest BCUT2D eigenvalue weighted by atomic mass is 16.2. The summed E-state index contributed by atoms with van der Waals surface area (Å²) >= 11 is 0. The lowest BCUT2D eigenvalue weighted by molar-refractivity contribution is -0.133. The molecule has 1 amide bonds. The normalized spacial score (nSPS) is 23.2. The van der Waals surface area contributed by atoms with Gasteiger partial charge in [0.05, 0.1) is 6.54 Å². The highest BCUT2D eigenvalue weighted by Gasteiger charge is 2.22. The number of hydrogen-bond donors (Lipinski definition) is 1. The molecule has 1 N–H and O–H groups in total. The number of carbonyl (C=O) groups is 1. The van der Waals surface area contributed by atoms with Gasteiger partial charge < -0.3 is 14.8 Å². The second kappa shape index (κ2) is 5.69. The van der Waals surface area contributed by atoms with Crippen LogP contribution in [0.25, 0.3) is 0 Å². The summed E-state index contributed by atoms with van der Waals surface area (Å²) in [5, 5.41) is 11.3. The summed E-state index contributed by atoms with van der Waals surface area (Å²) in [6.07, 6.45) is 5.92. The van der Waals surface area contributed by atoms with E-state index in [9.17, 15) is 4.79 Å². The quantitative estimate of drug-likeness (QED) is 0.857. The molecule has 0 saturated carbocycles. The fraction of sp³-hybridized carbons (Fsp3) is 0.769. The first kappa shape index (κ1) is 12.6. The molecule has 1 unspecified atom stereocenters. The van der Waals surface area contributed by atoms with Crippen LogP contribution < -0.4 is 5.32 Å². The standard InChI is InChI=1S/C13H21N5O/c19-13(4-3-11-2-1-5-14-8-11)17-6-7-18-10-15-16-12(18)9-17/h10-11,14H,1-9H2. The summed E-state index contributed by atoms with van der Waals surface area (Å²) in [4.78, 5) is 14.1. The van der Waals surface area contributed by atoms with Crippen molar-refractivity contribution in [2.75, 3.05) is 19.6 Å². The Kier molecular flexibility index (Phi) is 3.77. The molecular formula is C13H21N5O. The molecule has 1 saturated heterocycles. The molecule has 0 aliphatic carbocycles. The molecule has 0 spiro atoms. The van der Waals surface area contributed by atoms with Gasteiger partial charge in [0.25, 0.3) is 0 Å². The summed E-state index contributed by atoms with van der Waals surface area (Å²) < 4.78 is 2.02. The van der Waals surface area contributed by atoms with Crippen molar-refractivity contribution in [1.29, 1.82) is 0 Å². The van der Waals surface area contributed by atoms with Crippen molar-refractivity contribution < 1.29 is 4.79 Å². The molecule has 1 aromatic heterocycles. The van der Waals surface area contributed by atoms with Gasteiger partial charge in [0.15, 0.2) is 5.82 Å². The Bertz CT molecular complexity index is 438. The fourth-order valence-electron chi connectivity index (χ4n) is 2.94. The number of hydrogen-bond acceptors (Lipinski definition) is 4. The second-order valence-electron chi connectivity index (χ2n) is 5.51. The molecule has 2 aliphatic heterocycles. The van der Waals surface area contributed by atoms with Crippen LogP contribution in [-0.2, 0) is 17.9 Å². The van der Waals surface area contributed by atoms with E-state index in [1.807, 2.05) is 9.47 Å². The zero-order chi connectivity index (χ0) is 13.1. The van der Waals surface area contributed by atoms with Gasteiger partial charge in [0.1, 0.15) is 6.33 Å². The molecule has 19 heavy (non-hydrogen) atoms. The van der Waals surface area contributed by atoms with Crippen LogP contribution in [0.2, 0.25) is 0 Å². The van der Waals surface area contributed by atoms with E-state index in [2.05, 4.69) is 15.5 Å². The third-order valence-electron chi connectivity index (χ3n) is 4.16. The summed E-state index contributed by atoms with van der Waals surface area (Å²) in [5.41, 5.74) is 0. The molecule has 6 heteroatoms. The van der Waals surface area contributed by atoms with Crippen LogP contribution >= 0.6 is 0 Å². The van der Waals surface area contributed by atoms with Crippen molar-refractivity contribution >= 4 is 5.91 Å². The number of piperidine rings is 1. The number of fused-ring (bicyclic) bond motifs is 1. The van der Waals surface area contributed by atoms with Gasteiger partial charge in [-0.2, -0.15) is 0 Å². The van der Waals surface area contributed by atoms with E-state index >= 15 is 0 Å². The van der Waals surface area contributed by atoms with Crippen LogP contribution in [0.3, 0.4) is 0 Å². The largest absolute Gasteiger partial charge is 0.333 e. The number of nitrogens with one attached hydrogen (secondary N) is 1. The zero-order valence-corrected chi connectivity index (χ0v) is 11.2. The van der Waals surface area contributed by atoms with E-state index < -0.39 is 0 Å². The molecule has 1 aromatic rings. The lowest BCUT2D eigenvalue weighted by Crippen LogP contribution is -2.38. The maximum atomic E-state index is 12.2. The van der Waals surface area contributed by atoms with Gasteiger partial charge in [-0.25, -0.2) is 0 Å². The molecule has 0 radical (unpaired) electrons. The van der Waals surface area contributed by atoms with Crippen LogP contribution in [0.1, 0.15) is 31.5 Å². The van der Waals surface area contributed by atoms with E-state index in [1.165, 1.54) is 12.8 Å². The van der Waals surface area contributed by atoms with Crippen molar-refractivity contribution in [1.82, 2.24) is 25.0 Å². The van der Waals surface area contributed by atoms with Gasteiger partial charge in [-0.05, 0) is 38.3 Å². The monoisotopic (exact) mass is 263 g/mol. The topological polar surface area (TPSA) is 63.1 Å². The second-order valence-corrected chi connectivity index (χ2v) is 5.51. The highest BCUT2D eigenvalue weighted by molar-refractivity contribution is 5.76. The maximum absolute atomic E-state index is 12.2. The van der Waals surface area contributed by atoms with Crippen molar-refractivity contribution in [2.24, 2.45) is 5.92 Å². The lowest BCUT2D eigenvalue weighted by atomic mass is 9.94. The Morgan fingerprint density at radius 3 is 3.26 bits per heavy atom. The first-order valence-electron chi connectivity index (χ1n) is 7.18. The minimum absolute atomic E-state index is 0.264. The fourth-order valence-corrected chi connectivity index (χ4v) is 2.94. The van der Waals surface area contributed by atoms with Gasteiger partial charge in [-0.15, -0.1) is 10.2 Å². The molecule has 1 fully saturated rings. The summed E-state index contributed by atoms with van der Waals surface area (Å²) in [7, 11) is 0. The Hall–Kier alpha value is -1.43. The molecule has 0 bridgehead atoms. The van der Waals surface area contributed by atoms with Crippen molar-refractivity contribution in [2.45, 2.75) is 38.8 Å². The van der Waals surface area contributed by atoms with Gasteiger partial charge in [0.2, 0.25) is 5.91 Å². The third kappa shape index (κ3) is 2.94. The Balaban J connectivity index is 1.48. The maximum Gasteiger partial charge on any atom is 0.223 e. The summed E-state index contributed by atoms with van der Waals surface area (Å²) in [6, 6.07) is 0. The SMILES string of the molecule is O=C(CCC1CCCNC1)N1CCn2cnnc2C1. The van der Waals surface area contributed by atoms with Crippen LogP contribution in [-0.4, -0.2) is 45.2 Å². The Labute approximate surface area is 113 Å². The Morgan fingerprint density at radius 1 is 1.47 bits per heavy atom. The number of nitrogens with zero attached hydrogens (tertiary/aromatic N) is 4. The van der Waals surface area contributed by atoms with Crippen LogP contribution in [0, 0.1) is 5.92 Å². The third-order valence-corrected chi connectivity index (χ3v) is 4.16. The van der Waals surface area contributed by atoms with Gasteiger partial charge in [-0.3, -0.25) is 4.79 Å². The van der Waals surface area contributed by atoms with Crippen LogP contribution in [0.15, 0.2) is 6.33 Å². The molecular weight excluding hydrogens is 242 g/mol. The number of amides is 1. The van der Waals surface area contributed by atoms with Crippen LogP contribution in [0.5, 0.6) is 0 Å². The van der Waals surface area contributed by atoms with Gasteiger partial charge in [-0.1, -0.05) is 0 Å². The van der Waals surface area contributed by atoms with Crippen molar-refractivity contribution in [3.63, 3.8) is 0 Å². The van der Waals surface area contributed by atoms with Crippen LogP contribution in [0.4, 0.5) is 0 Å².